The van der Waals surface area contributed by atoms with E-state index in [0.29, 0.717) is 11.7 Å². The topological polar surface area (TPSA) is 47.3 Å². The lowest BCUT2D eigenvalue weighted by Crippen LogP contribution is -2.82. The van der Waals surface area contributed by atoms with E-state index in [4.69, 9.17) is 17.0 Å². The Labute approximate surface area is 136 Å². The van der Waals surface area contributed by atoms with Gasteiger partial charge < -0.3 is 10.1 Å². The summed E-state index contributed by atoms with van der Waals surface area (Å²) in [7, 11) is 1.76. The molecule has 114 valence electrons. The molecule has 22 heavy (non-hydrogen) atoms. The zero-order valence-electron chi connectivity index (χ0n) is 12.7. The van der Waals surface area contributed by atoms with Crippen molar-refractivity contribution in [2.45, 2.75) is 13.5 Å². The number of aryl methyl sites for hydroxylation is 1. The van der Waals surface area contributed by atoms with Gasteiger partial charge in [0.2, 0.25) is 11.3 Å². The Hall–Kier alpha value is -2.40. The minimum atomic E-state index is 0.523. The molecule has 0 aromatic heterocycles. The molecule has 0 unspecified atom stereocenters. The number of hydrogen-bond donors (Lipinski definition) is 3. The molecule has 0 saturated heterocycles. The normalized spacial score (nSPS) is 10.5. The lowest BCUT2D eigenvalue weighted by atomic mass is 10.1. The molecule has 5 heteroatoms. The first kappa shape index (κ1) is 16.0. The quantitative estimate of drug-likeness (QED) is 0.439. The van der Waals surface area contributed by atoms with Crippen molar-refractivity contribution in [3.8, 4) is 5.75 Å². The molecule has 2 aromatic rings. The maximum Gasteiger partial charge on any atom is 0.223 e. The van der Waals surface area contributed by atoms with Crippen LogP contribution >= 0.6 is 12.2 Å². The first-order valence-corrected chi connectivity index (χ1v) is 7.43. The Morgan fingerprint density at radius 3 is 2.82 bits per heavy atom. The van der Waals surface area contributed by atoms with Crippen molar-refractivity contribution in [1.82, 2.24) is 10.7 Å². The van der Waals surface area contributed by atoms with Crippen LogP contribution in [0.2, 0.25) is 0 Å². The SMILES string of the molecule is CNC(=S)N[NH+]=Cc1ccccc1OCc1cccc(C)c1. The molecule has 0 amide bonds. The number of para-hydroxylation sites is 1. The predicted molar refractivity (Wildman–Crippen MR) is 92.9 cm³/mol. The standard InChI is InChI=1S/C17H19N3OS/c1-13-6-5-7-14(10-13)12-21-16-9-4-3-8-15(16)11-19-20-17(22)18-2/h3-11H,12H2,1-2H3,(H2,18,20,22)/p+1. The van der Waals surface area contributed by atoms with Crippen molar-refractivity contribution in [3.05, 3.63) is 65.2 Å². The van der Waals surface area contributed by atoms with Crippen LogP contribution in [0.15, 0.2) is 48.5 Å². The number of thiocarbonyl (C=S) groups is 1. The molecule has 0 aliphatic rings. The van der Waals surface area contributed by atoms with Crippen molar-refractivity contribution in [2.75, 3.05) is 7.05 Å². The first-order valence-electron chi connectivity index (χ1n) is 7.03. The molecule has 0 fully saturated rings. The summed E-state index contributed by atoms with van der Waals surface area (Å²) in [6.45, 7) is 2.61. The van der Waals surface area contributed by atoms with Gasteiger partial charge in [0.15, 0.2) is 0 Å². The Kier molecular flexibility index (Phi) is 5.91. The fourth-order valence-electron chi connectivity index (χ4n) is 1.94. The summed E-state index contributed by atoms with van der Waals surface area (Å²) in [5.74, 6) is 0.814. The van der Waals surface area contributed by atoms with Gasteiger partial charge in [-0.15, -0.1) is 10.5 Å². The molecule has 0 bridgehead atoms. The maximum atomic E-state index is 5.91. The van der Waals surface area contributed by atoms with Crippen LogP contribution in [0, 0.1) is 6.92 Å². The number of ether oxygens (including phenoxy) is 1. The number of hydrazone groups is 1. The van der Waals surface area contributed by atoms with Crippen molar-refractivity contribution in [3.63, 3.8) is 0 Å². The smallest absolute Gasteiger partial charge is 0.223 e. The highest BCUT2D eigenvalue weighted by Gasteiger charge is 2.04. The van der Waals surface area contributed by atoms with Gasteiger partial charge in [-0.05, 0) is 36.8 Å². The number of benzene rings is 2. The summed E-state index contributed by atoms with van der Waals surface area (Å²) in [4.78, 5) is 0. The zero-order chi connectivity index (χ0) is 15.8. The summed E-state index contributed by atoms with van der Waals surface area (Å²) in [5.41, 5.74) is 6.17. The van der Waals surface area contributed by atoms with Crippen molar-refractivity contribution >= 4 is 23.5 Å². The summed E-state index contributed by atoms with van der Waals surface area (Å²) in [6, 6.07) is 16.1. The first-order chi connectivity index (χ1) is 10.7. The highest BCUT2D eigenvalue weighted by Crippen LogP contribution is 2.17. The molecule has 0 aliphatic heterocycles. The van der Waals surface area contributed by atoms with Crippen LogP contribution in [-0.4, -0.2) is 18.4 Å². The van der Waals surface area contributed by atoms with E-state index in [2.05, 4.69) is 41.0 Å². The van der Waals surface area contributed by atoms with Gasteiger partial charge in [0.1, 0.15) is 12.4 Å². The summed E-state index contributed by atoms with van der Waals surface area (Å²) in [5, 5.41) is 6.29. The molecule has 0 saturated carbocycles. The van der Waals surface area contributed by atoms with E-state index in [1.807, 2.05) is 36.5 Å². The maximum absolute atomic E-state index is 5.91. The second-order valence-corrected chi connectivity index (χ2v) is 5.22. The van der Waals surface area contributed by atoms with Gasteiger partial charge in [0.25, 0.3) is 0 Å². The third-order valence-corrected chi connectivity index (χ3v) is 3.34. The number of nitrogens with one attached hydrogen (secondary N) is 3. The molecule has 0 atom stereocenters. The van der Waals surface area contributed by atoms with Crippen molar-refractivity contribution in [1.29, 1.82) is 0 Å². The summed E-state index contributed by atoms with van der Waals surface area (Å²) >= 11 is 4.99. The van der Waals surface area contributed by atoms with E-state index in [0.717, 1.165) is 16.9 Å². The number of rotatable bonds is 5. The zero-order valence-corrected chi connectivity index (χ0v) is 13.5. The molecule has 2 rings (SSSR count). The lowest BCUT2D eigenvalue weighted by Gasteiger charge is -2.08. The van der Waals surface area contributed by atoms with E-state index in [-0.39, 0.29) is 0 Å². The van der Waals surface area contributed by atoms with Crippen LogP contribution in [0.25, 0.3) is 0 Å². The second kappa shape index (κ2) is 8.14. The number of hydrogen-bond acceptors (Lipinski definition) is 2. The van der Waals surface area contributed by atoms with Gasteiger partial charge in [-0.25, -0.2) is 0 Å². The van der Waals surface area contributed by atoms with E-state index in [1.54, 1.807) is 7.05 Å². The summed E-state index contributed by atoms with van der Waals surface area (Å²) < 4.78 is 5.91. The van der Waals surface area contributed by atoms with E-state index < -0.39 is 0 Å². The average molecular weight is 314 g/mol. The predicted octanol–water partition coefficient (Wildman–Crippen LogP) is 1.08. The van der Waals surface area contributed by atoms with Crippen LogP contribution in [0.4, 0.5) is 0 Å². The highest BCUT2D eigenvalue weighted by atomic mass is 32.1. The van der Waals surface area contributed by atoms with Gasteiger partial charge >= 0.3 is 0 Å². The third-order valence-electron chi connectivity index (χ3n) is 3.04. The lowest BCUT2D eigenvalue weighted by molar-refractivity contribution is -0.500. The van der Waals surface area contributed by atoms with E-state index in [9.17, 15) is 0 Å². The van der Waals surface area contributed by atoms with Gasteiger partial charge in [0.05, 0.1) is 5.56 Å². The van der Waals surface area contributed by atoms with Crippen molar-refractivity contribution in [2.24, 2.45) is 0 Å². The van der Waals surface area contributed by atoms with Gasteiger partial charge in [-0.2, -0.15) is 0 Å². The Bertz CT molecular complexity index is 670. The van der Waals surface area contributed by atoms with Crippen molar-refractivity contribution < 1.29 is 9.84 Å². The van der Waals surface area contributed by atoms with Gasteiger partial charge in [-0.1, -0.05) is 42.0 Å². The number of hydrazine groups is 1. The molecule has 0 radical (unpaired) electrons. The fraction of sp³-hybridized carbons (Fsp3) is 0.176. The molecule has 2 aromatic carbocycles. The molecule has 0 aliphatic carbocycles. The molecule has 0 spiro atoms. The Morgan fingerprint density at radius 1 is 1.23 bits per heavy atom. The summed E-state index contributed by atoms with van der Waals surface area (Å²) in [6.07, 6.45) is 1.81. The van der Waals surface area contributed by atoms with Gasteiger partial charge in [0, 0.05) is 7.05 Å². The van der Waals surface area contributed by atoms with E-state index in [1.165, 1.54) is 5.56 Å². The Balaban J connectivity index is 2.03. The average Bonchev–Trinajstić information content (AvgIpc) is 2.54. The van der Waals surface area contributed by atoms with Crippen LogP contribution in [0.3, 0.4) is 0 Å². The molecular formula is C17H20N3OS+. The van der Waals surface area contributed by atoms with Gasteiger partial charge in [-0.3, -0.25) is 0 Å². The fourth-order valence-corrected chi connectivity index (χ4v) is 2.00. The van der Waals surface area contributed by atoms with Crippen LogP contribution in [0.5, 0.6) is 5.75 Å². The van der Waals surface area contributed by atoms with Crippen LogP contribution in [0.1, 0.15) is 16.7 Å². The molecular weight excluding hydrogens is 294 g/mol. The van der Waals surface area contributed by atoms with Crippen LogP contribution in [-0.2, 0) is 6.61 Å². The molecule has 4 nitrogen and oxygen atoms in total. The molecule has 0 heterocycles. The molecule has 3 N–H and O–H groups in total. The largest absolute Gasteiger partial charge is 0.488 e. The monoisotopic (exact) mass is 314 g/mol. The minimum Gasteiger partial charge on any atom is -0.488 e. The van der Waals surface area contributed by atoms with E-state index >= 15 is 0 Å². The second-order valence-electron chi connectivity index (χ2n) is 4.81. The Morgan fingerprint density at radius 2 is 2.05 bits per heavy atom. The highest BCUT2D eigenvalue weighted by molar-refractivity contribution is 7.80. The third kappa shape index (κ3) is 4.86. The minimum absolute atomic E-state index is 0.523. The van der Waals surface area contributed by atoms with Crippen LogP contribution < -0.4 is 20.6 Å².